The van der Waals surface area contributed by atoms with Crippen LogP contribution in [0.1, 0.15) is 22.7 Å². The predicted molar refractivity (Wildman–Crippen MR) is 83.5 cm³/mol. The van der Waals surface area contributed by atoms with Crippen molar-refractivity contribution in [1.29, 1.82) is 0 Å². The van der Waals surface area contributed by atoms with Gasteiger partial charge in [0.1, 0.15) is 0 Å². The zero-order chi connectivity index (χ0) is 13.8. The molecule has 0 fully saturated rings. The molecule has 0 aromatic heterocycles. The Labute approximate surface area is 122 Å². The summed E-state index contributed by atoms with van der Waals surface area (Å²) in [5, 5.41) is 0. The first kappa shape index (κ1) is 14.1. The molecule has 1 unspecified atom stereocenters. The first-order chi connectivity index (χ1) is 9.10. The molecule has 0 saturated heterocycles. The Morgan fingerprint density at radius 1 is 1.21 bits per heavy atom. The summed E-state index contributed by atoms with van der Waals surface area (Å²) >= 11 is 3.47. The minimum absolute atomic E-state index is 0.000648. The van der Waals surface area contributed by atoms with E-state index < -0.39 is 0 Å². The molecule has 4 heteroatoms. The molecule has 0 bridgehead atoms. The van der Waals surface area contributed by atoms with E-state index in [0.717, 1.165) is 22.1 Å². The third kappa shape index (κ3) is 3.56. The number of rotatable bonds is 4. The highest BCUT2D eigenvalue weighted by Gasteiger charge is 2.14. The van der Waals surface area contributed by atoms with Gasteiger partial charge < -0.3 is 5.73 Å². The van der Waals surface area contributed by atoms with Crippen molar-refractivity contribution in [2.45, 2.75) is 19.4 Å². The van der Waals surface area contributed by atoms with Crippen molar-refractivity contribution in [3.05, 3.63) is 63.6 Å². The summed E-state index contributed by atoms with van der Waals surface area (Å²) in [6, 6.07) is 14.2. The van der Waals surface area contributed by atoms with Crippen molar-refractivity contribution in [1.82, 2.24) is 5.43 Å². The highest BCUT2D eigenvalue weighted by atomic mass is 79.9. The summed E-state index contributed by atoms with van der Waals surface area (Å²) in [7, 11) is 0. The van der Waals surface area contributed by atoms with Gasteiger partial charge in [-0.15, -0.1) is 0 Å². The zero-order valence-corrected chi connectivity index (χ0v) is 12.4. The van der Waals surface area contributed by atoms with E-state index in [9.17, 15) is 0 Å². The zero-order valence-electron chi connectivity index (χ0n) is 10.9. The second-order valence-electron chi connectivity index (χ2n) is 4.69. The van der Waals surface area contributed by atoms with Crippen LogP contribution in [0.25, 0.3) is 0 Å². The van der Waals surface area contributed by atoms with Gasteiger partial charge >= 0.3 is 0 Å². The quantitative estimate of drug-likeness (QED) is 0.461. The number of halogens is 1. The van der Waals surface area contributed by atoms with Crippen molar-refractivity contribution in [3.63, 3.8) is 0 Å². The Morgan fingerprint density at radius 3 is 2.68 bits per heavy atom. The fourth-order valence-corrected chi connectivity index (χ4v) is 2.56. The van der Waals surface area contributed by atoms with E-state index in [1.165, 1.54) is 11.1 Å². The molecule has 3 nitrogen and oxygen atoms in total. The number of aryl methyl sites for hydroxylation is 1. The van der Waals surface area contributed by atoms with E-state index in [1.54, 1.807) is 0 Å². The third-order valence-corrected chi connectivity index (χ3v) is 3.64. The number of nitrogen functional groups attached to an aromatic ring is 1. The summed E-state index contributed by atoms with van der Waals surface area (Å²) in [4.78, 5) is 0. The van der Waals surface area contributed by atoms with Crippen LogP contribution in [0.5, 0.6) is 0 Å². The van der Waals surface area contributed by atoms with Gasteiger partial charge in [0.2, 0.25) is 0 Å². The molecule has 0 aliphatic heterocycles. The summed E-state index contributed by atoms with van der Waals surface area (Å²) in [5.41, 5.74) is 13.1. The van der Waals surface area contributed by atoms with Gasteiger partial charge in [0.15, 0.2) is 0 Å². The lowest BCUT2D eigenvalue weighted by Gasteiger charge is -2.19. The molecule has 0 radical (unpaired) electrons. The van der Waals surface area contributed by atoms with E-state index in [1.807, 2.05) is 18.2 Å². The maximum Gasteiger partial charge on any atom is 0.0521 e. The number of hydrogen-bond donors (Lipinski definition) is 3. The topological polar surface area (TPSA) is 64.1 Å². The fourth-order valence-electron chi connectivity index (χ4n) is 2.18. The van der Waals surface area contributed by atoms with Gasteiger partial charge in [-0.1, -0.05) is 45.8 Å². The van der Waals surface area contributed by atoms with Gasteiger partial charge in [-0.2, -0.15) is 0 Å². The Kier molecular flexibility index (Phi) is 4.58. The SMILES string of the molecule is Cc1cccc(CC(NN)c2cc(Br)ccc2N)c1. The summed E-state index contributed by atoms with van der Waals surface area (Å²) in [6.45, 7) is 2.09. The van der Waals surface area contributed by atoms with Crippen molar-refractivity contribution >= 4 is 21.6 Å². The number of nitrogens with two attached hydrogens (primary N) is 2. The third-order valence-electron chi connectivity index (χ3n) is 3.15. The van der Waals surface area contributed by atoms with Crippen LogP contribution in [0.2, 0.25) is 0 Å². The number of hydrazine groups is 1. The fraction of sp³-hybridized carbons (Fsp3) is 0.200. The maximum atomic E-state index is 6.03. The molecule has 0 amide bonds. The Bertz CT molecular complexity index is 569. The molecule has 5 N–H and O–H groups in total. The van der Waals surface area contributed by atoms with Gasteiger partial charge in [0, 0.05) is 10.2 Å². The van der Waals surface area contributed by atoms with E-state index in [2.05, 4.69) is 52.5 Å². The number of nitrogens with one attached hydrogen (secondary N) is 1. The second kappa shape index (κ2) is 6.19. The number of benzene rings is 2. The molecule has 2 aromatic rings. The Morgan fingerprint density at radius 2 is 2.00 bits per heavy atom. The average Bonchev–Trinajstić information content (AvgIpc) is 2.39. The molecule has 0 aliphatic rings. The van der Waals surface area contributed by atoms with Crippen LogP contribution in [-0.2, 0) is 6.42 Å². The lowest BCUT2D eigenvalue weighted by molar-refractivity contribution is 0.553. The van der Waals surface area contributed by atoms with Crippen LogP contribution in [0.15, 0.2) is 46.9 Å². The van der Waals surface area contributed by atoms with Crippen molar-refractivity contribution < 1.29 is 0 Å². The van der Waals surface area contributed by atoms with Crippen LogP contribution in [0.3, 0.4) is 0 Å². The van der Waals surface area contributed by atoms with Crippen LogP contribution in [0.4, 0.5) is 5.69 Å². The first-order valence-electron chi connectivity index (χ1n) is 6.16. The van der Waals surface area contributed by atoms with Crippen LogP contribution in [-0.4, -0.2) is 0 Å². The molecule has 19 heavy (non-hydrogen) atoms. The van der Waals surface area contributed by atoms with Gasteiger partial charge in [-0.25, -0.2) is 0 Å². The van der Waals surface area contributed by atoms with Crippen LogP contribution in [0, 0.1) is 6.92 Å². The van der Waals surface area contributed by atoms with Crippen molar-refractivity contribution in [2.75, 3.05) is 5.73 Å². The Hall–Kier alpha value is -1.36. The normalized spacial score (nSPS) is 12.4. The smallest absolute Gasteiger partial charge is 0.0521 e. The molecular weight excluding hydrogens is 302 g/mol. The van der Waals surface area contributed by atoms with Crippen LogP contribution < -0.4 is 17.0 Å². The molecule has 0 saturated carbocycles. The van der Waals surface area contributed by atoms with E-state index >= 15 is 0 Å². The molecule has 0 heterocycles. The molecule has 100 valence electrons. The van der Waals surface area contributed by atoms with E-state index in [-0.39, 0.29) is 6.04 Å². The summed E-state index contributed by atoms with van der Waals surface area (Å²) < 4.78 is 1.00. The molecular formula is C15H18BrN3. The van der Waals surface area contributed by atoms with Crippen LogP contribution >= 0.6 is 15.9 Å². The van der Waals surface area contributed by atoms with Gasteiger partial charge in [-0.3, -0.25) is 11.3 Å². The predicted octanol–water partition coefficient (Wildman–Crippen LogP) is 3.09. The first-order valence-corrected chi connectivity index (χ1v) is 6.96. The van der Waals surface area contributed by atoms with Crippen molar-refractivity contribution in [2.24, 2.45) is 5.84 Å². The lowest BCUT2D eigenvalue weighted by atomic mass is 9.97. The van der Waals surface area contributed by atoms with Gasteiger partial charge in [0.25, 0.3) is 0 Å². The highest BCUT2D eigenvalue weighted by molar-refractivity contribution is 9.10. The largest absolute Gasteiger partial charge is 0.398 e. The number of hydrogen-bond acceptors (Lipinski definition) is 3. The molecule has 0 spiro atoms. The monoisotopic (exact) mass is 319 g/mol. The van der Waals surface area contributed by atoms with E-state index in [4.69, 9.17) is 11.6 Å². The average molecular weight is 320 g/mol. The highest BCUT2D eigenvalue weighted by Crippen LogP contribution is 2.26. The molecule has 0 aliphatic carbocycles. The minimum atomic E-state index is -0.000648. The maximum absolute atomic E-state index is 6.03. The minimum Gasteiger partial charge on any atom is -0.398 e. The molecule has 2 aromatic carbocycles. The summed E-state index contributed by atoms with van der Waals surface area (Å²) in [5.74, 6) is 5.69. The standard InChI is InChI=1S/C15H18BrN3/c1-10-3-2-4-11(7-10)8-15(19-18)13-9-12(16)5-6-14(13)17/h2-7,9,15,19H,8,17-18H2,1H3. The molecule has 2 rings (SSSR count). The van der Waals surface area contributed by atoms with Gasteiger partial charge in [0.05, 0.1) is 6.04 Å². The van der Waals surface area contributed by atoms with Crippen molar-refractivity contribution in [3.8, 4) is 0 Å². The number of anilines is 1. The molecule has 1 atom stereocenters. The van der Waals surface area contributed by atoms with E-state index in [0.29, 0.717) is 0 Å². The van der Waals surface area contributed by atoms with Gasteiger partial charge in [-0.05, 0) is 42.7 Å². The Balaban J connectivity index is 2.27. The lowest BCUT2D eigenvalue weighted by Crippen LogP contribution is -2.30. The second-order valence-corrected chi connectivity index (χ2v) is 5.60. The summed E-state index contributed by atoms with van der Waals surface area (Å²) in [6.07, 6.45) is 0.804.